The Balaban J connectivity index is 1.86. The van der Waals surface area contributed by atoms with Gasteiger partial charge in [0.25, 0.3) is 0 Å². The van der Waals surface area contributed by atoms with Crippen LogP contribution in [0.5, 0.6) is 0 Å². The largest absolute Gasteiger partial charge is 0.327 e. The fourth-order valence-electron chi connectivity index (χ4n) is 4.20. The fourth-order valence-corrected chi connectivity index (χ4v) is 4.20. The molecule has 2 fully saturated rings. The molecule has 0 radical (unpaired) electrons. The third-order valence-electron chi connectivity index (χ3n) is 5.88. The highest BCUT2D eigenvalue weighted by atomic mass is 14.7. The maximum atomic E-state index is 6.65. The van der Waals surface area contributed by atoms with E-state index in [9.17, 15) is 0 Å². The minimum atomic E-state index is 0.498. The van der Waals surface area contributed by atoms with Crippen molar-refractivity contribution in [3.8, 4) is 0 Å². The second kappa shape index (κ2) is 6.93. The van der Waals surface area contributed by atoms with Crippen LogP contribution in [0.2, 0.25) is 0 Å². The van der Waals surface area contributed by atoms with Crippen LogP contribution >= 0.6 is 0 Å². The van der Waals surface area contributed by atoms with Gasteiger partial charge in [-0.1, -0.05) is 52.4 Å². The molecule has 0 saturated heterocycles. The van der Waals surface area contributed by atoms with E-state index in [0.717, 1.165) is 23.7 Å². The summed E-state index contributed by atoms with van der Waals surface area (Å²) in [5.41, 5.74) is 6.65. The molecule has 0 aromatic rings. The third kappa shape index (κ3) is 3.73. The van der Waals surface area contributed by atoms with E-state index in [4.69, 9.17) is 5.73 Å². The Morgan fingerprint density at radius 3 is 1.94 bits per heavy atom. The van der Waals surface area contributed by atoms with Gasteiger partial charge in [0, 0.05) is 6.04 Å². The average Bonchev–Trinajstić information content (AvgIpc) is 2.31. The van der Waals surface area contributed by atoms with Crippen molar-refractivity contribution in [1.29, 1.82) is 0 Å². The second-order valence-electron chi connectivity index (χ2n) is 7.21. The van der Waals surface area contributed by atoms with Crippen molar-refractivity contribution in [2.45, 2.75) is 84.1 Å². The van der Waals surface area contributed by atoms with Crippen LogP contribution in [-0.4, -0.2) is 6.04 Å². The van der Waals surface area contributed by atoms with Crippen LogP contribution in [0.25, 0.3) is 0 Å². The lowest BCUT2D eigenvalue weighted by atomic mass is 9.69. The van der Waals surface area contributed by atoms with Crippen LogP contribution in [0, 0.1) is 23.7 Å². The van der Waals surface area contributed by atoms with Gasteiger partial charge in [0.1, 0.15) is 0 Å². The molecule has 2 aliphatic carbocycles. The van der Waals surface area contributed by atoms with Gasteiger partial charge in [0.15, 0.2) is 0 Å². The van der Waals surface area contributed by atoms with Crippen molar-refractivity contribution in [3.63, 3.8) is 0 Å². The van der Waals surface area contributed by atoms with E-state index >= 15 is 0 Å². The van der Waals surface area contributed by atoms with Gasteiger partial charge < -0.3 is 5.73 Å². The van der Waals surface area contributed by atoms with Crippen LogP contribution in [0.3, 0.4) is 0 Å². The van der Waals surface area contributed by atoms with E-state index in [1.54, 1.807) is 0 Å². The van der Waals surface area contributed by atoms with E-state index in [-0.39, 0.29) is 0 Å². The lowest BCUT2D eigenvalue weighted by molar-refractivity contribution is 0.149. The standard InChI is InChI=1S/C17H33N/c1-13-10-11-16(12-14(13)2)17(18)15-8-6-4-3-5-7-9-15/h13-17H,3-12,18H2,1-2H3. The molecule has 106 valence electrons. The first-order chi connectivity index (χ1) is 8.68. The van der Waals surface area contributed by atoms with Gasteiger partial charge in [0.05, 0.1) is 0 Å². The van der Waals surface area contributed by atoms with E-state index in [2.05, 4.69) is 13.8 Å². The zero-order chi connectivity index (χ0) is 13.0. The number of hydrogen-bond donors (Lipinski definition) is 1. The molecule has 0 aliphatic heterocycles. The summed E-state index contributed by atoms with van der Waals surface area (Å²) in [6, 6.07) is 0.498. The van der Waals surface area contributed by atoms with Gasteiger partial charge in [-0.15, -0.1) is 0 Å². The molecule has 2 rings (SSSR count). The van der Waals surface area contributed by atoms with Crippen molar-refractivity contribution in [2.75, 3.05) is 0 Å². The lowest BCUT2D eigenvalue weighted by Gasteiger charge is -2.39. The Bertz CT molecular complexity index is 225. The first-order valence-corrected chi connectivity index (χ1v) is 8.44. The second-order valence-corrected chi connectivity index (χ2v) is 7.21. The first kappa shape index (κ1) is 14.4. The predicted molar refractivity (Wildman–Crippen MR) is 79.5 cm³/mol. The number of nitrogens with two attached hydrogens (primary N) is 1. The van der Waals surface area contributed by atoms with E-state index in [1.807, 2.05) is 0 Å². The van der Waals surface area contributed by atoms with E-state index in [1.165, 1.54) is 64.2 Å². The number of rotatable bonds is 2. The molecule has 0 aromatic carbocycles. The van der Waals surface area contributed by atoms with Crippen molar-refractivity contribution in [2.24, 2.45) is 29.4 Å². The topological polar surface area (TPSA) is 26.0 Å². The maximum Gasteiger partial charge on any atom is 0.00957 e. The molecular formula is C17H33N. The smallest absolute Gasteiger partial charge is 0.00957 e. The highest BCUT2D eigenvalue weighted by Gasteiger charge is 2.32. The van der Waals surface area contributed by atoms with Crippen molar-refractivity contribution in [3.05, 3.63) is 0 Å². The van der Waals surface area contributed by atoms with Gasteiger partial charge in [-0.25, -0.2) is 0 Å². The summed E-state index contributed by atoms with van der Waals surface area (Å²) >= 11 is 0. The molecule has 4 unspecified atom stereocenters. The Kier molecular flexibility index (Phi) is 5.54. The van der Waals surface area contributed by atoms with Crippen LogP contribution in [0.15, 0.2) is 0 Å². The van der Waals surface area contributed by atoms with Crippen molar-refractivity contribution >= 4 is 0 Å². The zero-order valence-electron chi connectivity index (χ0n) is 12.5. The molecule has 1 nitrogen and oxygen atoms in total. The summed E-state index contributed by atoms with van der Waals surface area (Å²) in [5, 5.41) is 0. The molecular weight excluding hydrogens is 218 g/mol. The van der Waals surface area contributed by atoms with Crippen LogP contribution in [-0.2, 0) is 0 Å². The quantitative estimate of drug-likeness (QED) is 0.753. The Morgan fingerprint density at radius 2 is 1.33 bits per heavy atom. The summed E-state index contributed by atoms with van der Waals surface area (Å²) in [7, 11) is 0. The molecule has 0 heterocycles. The molecule has 2 saturated carbocycles. The van der Waals surface area contributed by atoms with E-state index in [0.29, 0.717) is 6.04 Å². The number of hydrogen-bond acceptors (Lipinski definition) is 1. The van der Waals surface area contributed by atoms with Crippen LogP contribution in [0.4, 0.5) is 0 Å². The molecule has 0 amide bonds. The van der Waals surface area contributed by atoms with Gasteiger partial charge in [-0.2, -0.15) is 0 Å². The monoisotopic (exact) mass is 251 g/mol. The van der Waals surface area contributed by atoms with Gasteiger partial charge in [-0.3, -0.25) is 0 Å². The highest BCUT2D eigenvalue weighted by Crippen LogP contribution is 2.38. The first-order valence-electron chi connectivity index (χ1n) is 8.44. The summed E-state index contributed by atoms with van der Waals surface area (Å²) in [6.07, 6.45) is 14.2. The maximum absolute atomic E-state index is 6.65. The summed E-state index contributed by atoms with van der Waals surface area (Å²) in [4.78, 5) is 0. The zero-order valence-corrected chi connectivity index (χ0v) is 12.5. The summed E-state index contributed by atoms with van der Waals surface area (Å²) in [5.74, 6) is 3.46. The Morgan fingerprint density at radius 1 is 0.722 bits per heavy atom. The molecule has 4 atom stereocenters. The SMILES string of the molecule is CC1CCC(C(N)C2CCCCCCC2)CC1C. The summed E-state index contributed by atoms with van der Waals surface area (Å²) < 4.78 is 0. The average molecular weight is 251 g/mol. The molecule has 0 spiro atoms. The molecule has 2 N–H and O–H groups in total. The minimum absolute atomic E-state index is 0.498. The van der Waals surface area contributed by atoms with Crippen molar-refractivity contribution < 1.29 is 0 Å². The molecule has 0 aromatic heterocycles. The van der Waals surface area contributed by atoms with E-state index < -0.39 is 0 Å². The lowest BCUT2D eigenvalue weighted by Crippen LogP contribution is -2.41. The van der Waals surface area contributed by atoms with Crippen LogP contribution < -0.4 is 5.73 Å². The molecule has 1 heteroatoms. The van der Waals surface area contributed by atoms with Gasteiger partial charge in [-0.05, 0) is 49.4 Å². The van der Waals surface area contributed by atoms with Crippen molar-refractivity contribution in [1.82, 2.24) is 0 Å². The van der Waals surface area contributed by atoms with Gasteiger partial charge >= 0.3 is 0 Å². The molecule has 2 aliphatic rings. The summed E-state index contributed by atoms with van der Waals surface area (Å²) in [6.45, 7) is 4.85. The molecule has 0 bridgehead atoms. The fraction of sp³-hybridized carbons (Fsp3) is 1.00. The van der Waals surface area contributed by atoms with Gasteiger partial charge in [0.2, 0.25) is 0 Å². The Hall–Kier alpha value is -0.0400. The Labute approximate surface area is 114 Å². The minimum Gasteiger partial charge on any atom is -0.327 e. The van der Waals surface area contributed by atoms with Crippen LogP contribution in [0.1, 0.15) is 78.1 Å². The predicted octanol–water partition coefficient (Wildman–Crippen LogP) is 4.75. The normalized spacial score (nSPS) is 37.8. The highest BCUT2D eigenvalue weighted by molar-refractivity contribution is 4.86. The third-order valence-corrected chi connectivity index (χ3v) is 5.88. The molecule has 18 heavy (non-hydrogen) atoms.